The van der Waals surface area contributed by atoms with Crippen LogP contribution in [0.1, 0.15) is 53.9 Å². The molecule has 0 nitrogen and oxygen atoms in total. The zero-order valence-corrected chi connectivity index (χ0v) is 8.83. The zero-order chi connectivity index (χ0) is 9.12. The summed E-state index contributed by atoms with van der Waals surface area (Å²) in [6.07, 6.45) is 3.67. The highest BCUT2D eigenvalue weighted by molar-refractivity contribution is 4.90. The van der Waals surface area contributed by atoms with Crippen molar-refractivity contribution in [2.75, 3.05) is 0 Å². The van der Waals surface area contributed by atoms with Crippen LogP contribution in [0.3, 0.4) is 0 Å². The molecule has 0 saturated heterocycles. The highest BCUT2D eigenvalue weighted by Crippen LogP contribution is 2.44. The molecule has 0 N–H and O–H groups in total. The van der Waals surface area contributed by atoms with Crippen LogP contribution in [0.5, 0.6) is 0 Å². The number of hydrogen-bond donors (Lipinski definition) is 0. The molecule has 0 rings (SSSR count). The van der Waals surface area contributed by atoms with Crippen molar-refractivity contribution in [3.63, 3.8) is 0 Å². The van der Waals surface area contributed by atoms with E-state index in [0.29, 0.717) is 5.41 Å². The Kier molecular flexibility index (Phi) is 3.60. The van der Waals surface area contributed by atoms with E-state index < -0.39 is 0 Å². The molecule has 0 spiro atoms. The summed E-state index contributed by atoms with van der Waals surface area (Å²) in [6.45, 7) is 15.7. The molecule has 0 bridgehead atoms. The summed E-state index contributed by atoms with van der Waals surface area (Å²) in [5.41, 5.74) is 0.625. The Morgan fingerprint density at radius 3 is 1.64 bits per heavy atom. The van der Waals surface area contributed by atoms with Crippen LogP contribution in [0.4, 0.5) is 0 Å². The lowest BCUT2D eigenvalue weighted by Crippen LogP contribution is -2.32. The average molecular weight is 155 g/mol. The van der Waals surface area contributed by atoms with Gasteiger partial charge in [0.1, 0.15) is 0 Å². The monoisotopic (exact) mass is 155 g/mol. The summed E-state index contributed by atoms with van der Waals surface area (Å²) in [6, 6.07) is 0. The van der Waals surface area contributed by atoms with Crippen molar-refractivity contribution in [1.82, 2.24) is 0 Å². The molecule has 0 aromatic carbocycles. The van der Waals surface area contributed by atoms with Gasteiger partial charge in [-0.25, -0.2) is 0 Å². The van der Waals surface area contributed by atoms with E-state index in [9.17, 15) is 0 Å². The van der Waals surface area contributed by atoms with Gasteiger partial charge in [-0.2, -0.15) is 0 Å². The fraction of sp³-hybridized carbons (Fsp3) is 0.909. The van der Waals surface area contributed by atoms with E-state index in [2.05, 4.69) is 41.5 Å². The van der Waals surface area contributed by atoms with Gasteiger partial charge in [-0.15, -0.1) is 0 Å². The fourth-order valence-electron chi connectivity index (χ4n) is 1.56. The molecular weight excluding hydrogens is 132 g/mol. The summed E-state index contributed by atoms with van der Waals surface area (Å²) in [4.78, 5) is 0. The highest BCUT2D eigenvalue weighted by Gasteiger charge is 2.34. The van der Waals surface area contributed by atoms with E-state index in [1.807, 2.05) is 0 Å². The lowest BCUT2D eigenvalue weighted by molar-refractivity contribution is 0.122. The van der Waals surface area contributed by atoms with E-state index in [4.69, 9.17) is 0 Å². The molecule has 0 fully saturated rings. The molecular formula is C11H23. The van der Waals surface area contributed by atoms with Crippen LogP contribution >= 0.6 is 0 Å². The molecule has 1 unspecified atom stereocenters. The van der Waals surface area contributed by atoms with Gasteiger partial charge in [0, 0.05) is 0 Å². The third-order valence-electron chi connectivity index (χ3n) is 3.00. The molecule has 11 heavy (non-hydrogen) atoms. The third kappa shape index (κ3) is 2.50. The number of rotatable bonds is 3. The maximum Gasteiger partial charge on any atom is -0.0251 e. The van der Waals surface area contributed by atoms with Gasteiger partial charge in [0.2, 0.25) is 0 Å². The van der Waals surface area contributed by atoms with Crippen LogP contribution < -0.4 is 0 Å². The second kappa shape index (κ2) is 3.60. The van der Waals surface area contributed by atoms with Gasteiger partial charge in [-0.1, -0.05) is 41.0 Å². The number of hydrogen-bond acceptors (Lipinski definition) is 0. The normalized spacial score (nSPS) is 18.0. The lowest BCUT2D eigenvalue weighted by Gasteiger charge is -2.41. The van der Waals surface area contributed by atoms with E-state index in [-0.39, 0.29) is 5.41 Å². The van der Waals surface area contributed by atoms with Crippen LogP contribution in [0.2, 0.25) is 0 Å². The van der Waals surface area contributed by atoms with Gasteiger partial charge < -0.3 is 0 Å². The highest BCUT2D eigenvalue weighted by atomic mass is 14.4. The lowest BCUT2D eigenvalue weighted by atomic mass is 9.64. The molecule has 67 valence electrons. The first-order valence-corrected chi connectivity index (χ1v) is 4.72. The summed E-state index contributed by atoms with van der Waals surface area (Å²) in [5, 5.41) is 0. The van der Waals surface area contributed by atoms with Crippen molar-refractivity contribution in [1.29, 1.82) is 0 Å². The van der Waals surface area contributed by atoms with E-state index in [1.54, 1.807) is 0 Å². The predicted octanol–water partition coefficient (Wildman–Crippen LogP) is 4.06. The maximum atomic E-state index is 4.35. The van der Waals surface area contributed by atoms with Crippen LogP contribution in [0.15, 0.2) is 0 Å². The zero-order valence-electron chi connectivity index (χ0n) is 8.83. The molecule has 0 heterocycles. The second-order valence-electron chi connectivity index (χ2n) is 4.63. The molecule has 0 heteroatoms. The minimum Gasteiger partial charge on any atom is -0.0654 e. The van der Waals surface area contributed by atoms with Crippen LogP contribution in [-0.4, -0.2) is 0 Å². The minimum atomic E-state index is 0.280. The van der Waals surface area contributed by atoms with Crippen molar-refractivity contribution < 1.29 is 0 Å². The van der Waals surface area contributed by atoms with Gasteiger partial charge in [0.15, 0.2) is 0 Å². The topological polar surface area (TPSA) is 0 Å². The van der Waals surface area contributed by atoms with Crippen LogP contribution in [0, 0.1) is 17.8 Å². The molecule has 0 aliphatic heterocycles. The van der Waals surface area contributed by atoms with Gasteiger partial charge in [0.25, 0.3) is 0 Å². The third-order valence-corrected chi connectivity index (χ3v) is 3.00. The molecule has 0 amide bonds. The Bertz CT molecular complexity index is 108. The van der Waals surface area contributed by atoms with Gasteiger partial charge >= 0.3 is 0 Å². The first-order chi connectivity index (χ1) is 4.87. The molecule has 1 atom stereocenters. The summed E-state index contributed by atoms with van der Waals surface area (Å²) < 4.78 is 0. The SMILES string of the molecule is [CH2]C(CC)(CCC)C(C)(C)C. The quantitative estimate of drug-likeness (QED) is 0.576. The van der Waals surface area contributed by atoms with Crippen molar-refractivity contribution in [3.8, 4) is 0 Å². The Morgan fingerprint density at radius 2 is 1.55 bits per heavy atom. The minimum absolute atomic E-state index is 0.280. The van der Waals surface area contributed by atoms with Crippen LogP contribution in [-0.2, 0) is 0 Å². The Hall–Kier alpha value is 0. The Morgan fingerprint density at radius 1 is 1.09 bits per heavy atom. The van der Waals surface area contributed by atoms with E-state index >= 15 is 0 Å². The van der Waals surface area contributed by atoms with Crippen molar-refractivity contribution in [2.24, 2.45) is 10.8 Å². The first-order valence-electron chi connectivity index (χ1n) is 4.72. The van der Waals surface area contributed by atoms with Gasteiger partial charge in [-0.3, -0.25) is 0 Å². The molecule has 0 aliphatic rings. The molecule has 1 radical (unpaired) electrons. The Labute approximate surface area is 72.4 Å². The molecule has 0 aromatic heterocycles. The fourth-order valence-corrected chi connectivity index (χ4v) is 1.56. The Balaban J connectivity index is 4.33. The van der Waals surface area contributed by atoms with E-state index in [0.717, 1.165) is 0 Å². The smallest absolute Gasteiger partial charge is 0.0251 e. The maximum absolute atomic E-state index is 4.35. The molecule has 0 saturated carbocycles. The largest absolute Gasteiger partial charge is 0.0654 e. The first kappa shape index (κ1) is 11.0. The predicted molar refractivity (Wildman–Crippen MR) is 52.4 cm³/mol. The summed E-state index contributed by atoms with van der Waals surface area (Å²) in [5.74, 6) is 0. The molecule has 0 aromatic rings. The van der Waals surface area contributed by atoms with Crippen LogP contribution in [0.25, 0.3) is 0 Å². The summed E-state index contributed by atoms with van der Waals surface area (Å²) >= 11 is 0. The standard InChI is InChI=1S/C11H23/c1-7-9-11(6,8-2)10(3,4)5/h6-9H2,1-5H3. The van der Waals surface area contributed by atoms with Gasteiger partial charge in [-0.05, 0) is 30.6 Å². The van der Waals surface area contributed by atoms with E-state index in [1.165, 1.54) is 19.3 Å². The van der Waals surface area contributed by atoms with Gasteiger partial charge in [0.05, 0.1) is 0 Å². The summed E-state index contributed by atoms with van der Waals surface area (Å²) in [7, 11) is 0. The van der Waals surface area contributed by atoms with Crippen molar-refractivity contribution in [2.45, 2.75) is 53.9 Å². The van der Waals surface area contributed by atoms with Crippen molar-refractivity contribution in [3.05, 3.63) is 6.92 Å². The van der Waals surface area contributed by atoms with Crippen molar-refractivity contribution >= 4 is 0 Å². The average Bonchev–Trinajstić information content (AvgIpc) is 1.86. The molecule has 0 aliphatic carbocycles. The second-order valence-corrected chi connectivity index (χ2v) is 4.63.